The van der Waals surface area contributed by atoms with E-state index < -0.39 is 7.92 Å². The molecule has 0 nitrogen and oxygen atoms in total. The molecule has 2 unspecified atom stereocenters. The summed E-state index contributed by atoms with van der Waals surface area (Å²) in [5.41, 5.74) is 2.90. The molecule has 0 aliphatic carbocycles. The van der Waals surface area contributed by atoms with Crippen LogP contribution in [0, 0.1) is 0 Å². The van der Waals surface area contributed by atoms with E-state index in [-0.39, 0.29) is 0 Å². The second-order valence-corrected chi connectivity index (χ2v) is 10.5. The lowest BCUT2D eigenvalue weighted by Crippen LogP contribution is -2.20. The summed E-state index contributed by atoms with van der Waals surface area (Å²) in [6.45, 7) is 4.68. The molecule has 0 bridgehead atoms. The van der Waals surface area contributed by atoms with Crippen LogP contribution in [0.1, 0.15) is 49.7 Å². The fourth-order valence-corrected chi connectivity index (χ4v) is 6.66. The topological polar surface area (TPSA) is 0 Å². The molecule has 0 N–H and O–H groups in total. The van der Waals surface area contributed by atoms with Gasteiger partial charge in [-0.2, -0.15) is 0 Å². The number of hydrogen-bond acceptors (Lipinski definition) is 0. The van der Waals surface area contributed by atoms with Crippen LogP contribution in [0.4, 0.5) is 0 Å². The first-order chi connectivity index (χ1) is 15.3. The minimum absolute atomic E-state index is 0.534. The summed E-state index contributed by atoms with van der Waals surface area (Å²) in [5.74, 6) is 1.15. The highest BCUT2D eigenvalue weighted by Gasteiger charge is 2.18. The monoisotopic (exact) mass is 422 g/mol. The summed E-state index contributed by atoms with van der Waals surface area (Å²) in [6.07, 6.45) is 2.37. The van der Waals surface area contributed by atoms with Crippen LogP contribution >= 0.6 is 7.92 Å². The number of rotatable bonds is 8. The van der Waals surface area contributed by atoms with Crippen molar-refractivity contribution in [3.05, 3.63) is 126 Å². The van der Waals surface area contributed by atoms with Gasteiger partial charge in [0.15, 0.2) is 0 Å². The van der Waals surface area contributed by atoms with E-state index in [9.17, 15) is 0 Å². The molecule has 0 amide bonds. The van der Waals surface area contributed by atoms with Gasteiger partial charge in [-0.15, -0.1) is 0 Å². The molecular weight excluding hydrogens is 391 g/mol. The molecule has 4 aromatic rings. The quantitative estimate of drug-likeness (QED) is 0.265. The molecule has 0 heterocycles. The van der Waals surface area contributed by atoms with Crippen molar-refractivity contribution in [3.63, 3.8) is 0 Å². The van der Waals surface area contributed by atoms with Gasteiger partial charge >= 0.3 is 0 Å². The standard InChI is InChI=1S/C30H31P/c1-3-25(27-13-7-4-8-14-27)23-24(2)26-19-21-30(22-20-26)31(28-15-9-5-10-16-28)29-17-11-6-12-18-29/h4-22,24-25H,3,23H2,1-2H3. The molecule has 0 saturated carbocycles. The van der Waals surface area contributed by atoms with Gasteiger partial charge in [0.25, 0.3) is 0 Å². The van der Waals surface area contributed by atoms with Gasteiger partial charge in [0.1, 0.15) is 0 Å². The summed E-state index contributed by atoms with van der Waals surface area (Å²) in [6, 6.07) is 42.3. The molecule has 0 aliphatic rings. The van der Waals surface area contributed by atoms with Gasteiger partial charge in [-0.05, 0) is 59.6 Å². The van der Waals surface area contributed by atoms with Gasteiger partial charge in [0.05, 0.1) is 0 Å². The molecule has 0 fully saturated rings. The van der Waals surface area contributed by atoms with E-state index in [1.165, 1.54) is 39.9 Å². The van der Waals surface area contributed by atoms with E-state index in [0.717, 1.165) is 0 Å². The molecule has 4 aromatic carbocycles. The van der Waals surface area contributed by atoms with Crippen LogP contribution < -0.4 is 15.9 Å². The summed E-state index contributed by atoms with van der Waals surface area (Å²) in [4.78, 5) is 0. The maximum Gasteiger partial charge on any atom is -0.0134 e. The van der Waals surface area contributed by atoms with Crippen LogP contribution in [0.15, 0.2) is 115 Å². The molecule has 0 spiro atoms. The fraction of sp³-hybridized carbons (Fsp3) is 0.200. The third-order valence-corrected chi connectivity index (χ3v) is 8.59. The Kier molecular flexibility index (Phi) is 7.34. The second-order valence-electron chi connectivity index (χ2n) is 8.25. The zero-order chi connectivity index (χ0) is 21.5. The Hall–Kier alpha value is -2.69. The molecule has 1 heteroatoms. The molecule has 31 heavy (non-hydrogen) atoms. The van der Waals surface area contributed by atoms with Gasteiger partial charge in [-0.3, -0.25) is 0 Å². The van der Waals surface area contributed by atoms with E-state index >= 15 is 0 Å². The van der Waals surface area contributed by atoms with Gasteiger partial charge in [0.2, 0.25) is 0 Å². The van der Waals surface area contributed by atoms with E-state index in [1.54, 1.807) is 0 Å². The fourth-order valence-electron chi connectivity index (χ4n) is 4.38. The first kappa shape index (κ1) is 21.5. The van der Waals surface area contributed by atoms with Crippen LogP contribution in [0.2, 0.25) is 0 Å². The van der Waals surface area contributed by atoms with Crippen LogP contribution in [-0.2, 0) is 0 Å². The summed E-state index contributed by atoms with van der Waals surface area (Å²) < 4.78 is 0. The highest BCUT2D eigenvalue weighted by Crippen LogP contribution is 2.35. The third kappa shape index (κ3) is 5.33. The Balaban J connectivity index is 1.57. The van der Waals surface area contributed by atoms with Crippen molar-refractivity contribution >= 4 is 23.8 Å². The average Bonchev–Trinajstić information content (AvgIpc) is 2.85. The van der Waals surface area contributed by atoms with Crippen LogP contribution in [0.25, 0.3) is 0 Å². The van der Waals surface area contributed by atoms with E-state index in [1.807, 2.05) is 0 Å². The van der Waals surface area contributed by atoms with Crippen LogP contribution in [0.3, 0.4) is 0 Å². The maximum atomic E-state index is 2.37. The minimum Gasteiger partial charge on any atom is -0.0648 e. The Morgan fingerprint density at radius 1 is 0.548 bits per heavy atom. The van der Waals surface area contributed by atoms with Crippen molar-refractivity contribution in [3.8, 4) is 0 Å². The molecule has 2 atom stereocenters. The first-order valence-corrected chi connectivity index (χ1v) is 12.7. The lowest BCUT2D eigenvalue weighted by Gasteiger charge is -2.22. The third-order valence-electron chi connectivity index (χ3n) is 6.15. The highest BCUT2D eigenvalue weighted by atomic mass is 31.1. The summed E-state index contributed by atoms with van der Waals surface area (Å²) in [7, 11) is -0.534. The Morgan fingerprint density at radius 3 is 1.48 bits per heavy atom. The molecule has 0 aromatic heterocycles. The molecule has 0 saturated heterocycles. The van der Waals surface area contributed by atoms with Gasteiger partial charge < -0.3 is 0 Å². The zero-order valence-electron chi connectivity index (χ0n) is 18.5. The second kappa shape index (κ2) is 10.6. The highest BCUT2D eigenvalue weighted by molar-refractivity contribution is 7.79. The first-order valence-electron chi connectivity index (χ1n) is 11.3. The molecule has 156 valence electrons. The zero-order valence-corrected chi connectivity index (χ0v) is 19.4. The SMILES string of the molecule is CCC(CC(C)c1ccc(P(c2ccccc2)c2ccccc2)cc1)c1ccccc1. The Morgan fingerprint density at radius 2 is 1.00 bits per heavy atom. The van der Waals surface area contributed by atoms with Crippen LogP contribution in [-0.4, -0.2) is 0 Å². The lowest BCUT2D eigenvalue weighted by atomic mass is 9.85. The maximum absolute atomic E-state index is 2.37. The van der Waals surface area contributed by atoms with Crippen molar-refractivity contribution in [2.24, 2.45) is 0 Å². The average molecular weight is 423 g/mol. The van der Waals surface area contributed by atoms with Gasteiger partial charge in [-0.25, -0.2) is 0 Å². The molecule has 4 rings (SSSR count). The number of hydrogen-bond donors (Lipinski definition) is 0. The molecule has 0 radical (unpaired) electrons. The minimum atomic E-state index is -0.534. The van der Waals surface area contributed by atoms with Crippen LogP contribution in [0.5, 0.6) is 0 Å². The van der Waals surface area contributed by atoms with Gasteiger partial charge in [-0.1, -0.05) is 129 Å². The molecular formula is C30H31P. The Labute approximate surface area is 188 Å². The summed E-state index contributed by atoms with van der Waals surface area (Å²) in [5, 5.41) is 4.22. The predicted octanol–water partition coefficient (Wildman–Crippen LogP) is 7.13. The number of benzene rings is 4. The van der Waals surface area contributed by atoms with Crippen molar-refractivity contribution in [1.29, 1.82) is 0 Å². The van der Waals surface area contributed by atoms with Crippen molar-refractivity contribution in [2.75, 3.05) is 0 Å². The van der Waals surface area contributed by atoms with Gasteiger partial charge in [0, 0.05) is 0 Å². The molecule has 0 aliphatic heterocycles. The van der Waals surface area contributed by atoms with E-state index in [4.69, 9.17) is 0 Å². The normalized spacial score (nSPS) is 13.1. The van der Waals surface area contributed by atoms with E-state index in [0.29, 0.717) is 11.8 Å². The van der Waals surface area contributed by atoms with Crippen molar-refractivity contribution in [2.45, 2.75) is 38.5 Å². The lowest BCUT2D eigenvalue weighted by molar-refractivity contribution is 0.544. The van der Waals surface area contributed by atoms with Crippen molar-refractivity contribution in [1.82, 2.24) is 0 Å². The van der Waals surface area contributed by atoms with Crippen molar-refractivity contribution < 1.29 is 0 Å². The van der Waals surface area contributed by atoms with E-state index in [2.05, 4.69) is 129 Å². The smallest absolute Gasteiger partial charge is 0.0134 e. The summed E-state index contributed by atoms with van der Waals surface area (Å²) >= 11 is 0. The predicted molar refractivity (Wildman–Crippen MR) is 138 cm³/mol. The Bertz CT molecular complexity index is 1000. The largest absolute Gasteiger partial charge is 0.0648 e.